The second-order valence-electron chi connectivity index (χ2n) is 3.47. The van der Waals surface area contributed by atoms with Crippen molar-refractivity contribution < 1.29 is 9.90 Å². The van der Waals surface area contributed by atoms with Crippen molar-refractivity contribution in [3.05, 3.63) is 33.5 Å². The first-order valence-electron chi connectivity index (χ1n) is 4.88. The average molecular weight is 315 g/mol. The van der Waals surface area contributed by atoms with Crippen LogP contribution >= 0.6 is 27.5 Å². The van der Waals surface area contributed by atoms with E-state index in [1.807, 2.05) is 6.07 Å². The highest BCUT2D eigenvalue weighted by atomic mass is 79.9. The third kappa shape index (κ3) is 2.92. The molecule has 17 heavy (non-hydrogen) atoms. The number of hydrogen-bond acceptors (Lipinski definition) is 4. The number of benzene rings is 1. The molecule has 88 valence electrons. The Bertz CT molecular complexity index is 589. The summed E-state index contributed by atoms with van der Waals surface area (Å²) in [4.78, 5) is 18.8. The Hall–Kier alpha value is -1.20. The number of carboxylic acids is 1. The number of hydrogen-bond donors (Lipinski definition) is 0. The number of nitrogens with zero attached hydrogens (tertiary/aromatic N) is 2. The van der Waals surface area contributed by atoms with Gasteiger partial charge in [0.15, 0.2) is 5.15 Å². The van der Waals surface area contributed by atoms with Crippen molar-refractivity contribution in [1.29, 1.82) is 0 Å². The molecule has 0 spiro atoms. The highest BCUT2D eigenvalue weighted by Crippen LogP contribution is 2.21. The van der Waals surface area contributed by atoms with E-state index in [1.54, 1.807) is 12.1 Å². The van der Waals surface area contributed by atoms with Gasteiger partial charge in [0.2, 0.25) is 0 Å². The summed E-state index contributed by atoms with van der Waals surface area (Å²) in [5.41, 5.74) is 1.83. The number of aliphatic carboxylic acids is 1. The second-order valence-corrected chi connectivity index (χ2v) is 4.74. The molecule has 2 rings (SSSR count). The number of rotatable bonds is 3. The van der Waals surface area contributed by atoms with Crippen LogP contribution in [-0.4, -0.2) is 15.9 Å². The molecule has 4 nitrogen and oxygen atoms in total. The average Bonchev–Trinajstić information content (AvgIpc) is 2.26. The summed E-state index contributed by atoms with van der Waals surface area (Å²) < 4.78 is 0.882. The maximum Gasteiger partial charge on any atom is 0.151 e. The van der Waals surface area contributed by atoms with Crippen LogP contribution in [0.15, 0.2) is 22.7 Å². The minimum Gasteiger partial charge on any atom is -0.550 e. The van der Waals surface area contributed by atoms with Gasteiger partial charge in [0.1, 0.15) is 0 Å². The van der Waals surface area contributed by atoms with Gasteiger partial charge in [-0.1, -0.05) is 27.5 Å². The lowest BCUT2D eigenvalue weighted by Gasteiger charge is -2.06. The molecule has 0 aliphatic carbocycles. The standard InChI is InChI=1S/C11H8BrClN2O2/c12-6-1-2-7-9(5-6)14-8(11(13)15-7)3-4-10(16)17/h1-2,5H,3-4H2,(H,16,17)/p-1. The van der Waals surface area contributed by atoms with E-state index >= 15 is 0 Å². The van der Waals surface area contributed by atoms with Crippen LogP contribution in [0.2, 0.25) is 5.15 Å². The largest absolute Gasteiger partial charge is 0.550 e. The summed E-state index contributed by atoms with van der Waals surface area (Å²) in [7, 11) is 0. The van der Waals surface area contributed by atoms with Gasteiger partial charge in [0.25, 0.3) is 0 Å². The zero-order valence-electron chi connectivity index (χ0n) is 8.61. The summed E-state index contributed by atoms with van der Waals surface area (Å²) >= 11 is 9.26. The lowest BCUT2D eigenvalue weighted by molar-refractivity contribution is -0.305. The van der Waals surface area contributed by atoms with Crippen molar-refractivity contribution >= 4 is 44.5 Å². The SMILES string of the molecule is O=C([O-])CCc1nc2cc(Br)ccc2nc1Cl. The van der Waals surface area contributed by atoms with E-state index in [1.165, 1.54) is 0 Å². The number of carbonyl (C=O) groups is 1. The van der Waals surface area contributed by atoms with E-state index in [2.05, 4.69) is 25.9 Å². The first-order chi connectivity index (χ1) is 8.06. The molecule has 0 bridgehead atoms. The molecule has 0 aliphatic rings. The van der Waals surface area contributed by atoms with Crippen LogP contribution in [-0.2, 0) is 11.2 Å². The van der Waals surface area contributed by atoms with Crippen LogP contribution in [0.25, 0.3) is 11.0 Å². The fourth-order valence-corrected chi connectivity index (χ4v) is 2.00. The summed E-state index contributed by atoms with van der Waals surface area (Å²) in [6.07, 6.45) is 0.102. The first kappa shape index (κ1) is 12.3. The Morgan fingerprint density at radius 2 is 2.12 bits per heavy atom. The van der Waals surface area contributed by atoms with E-state index in [0.717, 1.165) is 4.47 Å². The summed E-state index contributed by atoms with van der Waals surface area (Å²) in [6, 6.07) is 5.44. The van der Waals surface area contributed by atoms with Crippen molar-refractivity contribution in [3.63, 3.8) is 0 Å². The number of carboxylic acid groups (broad SMARTS) is 1. The molecule has 0 aliphatic heterocycles. The summed E-state index contributed by atoms with van der Waals surface area (Å²) in [5, 5.41) is 10.6. The van der Waals surface area contributed by atoms with Crippen molar-refractivity contribution in [1.82, 2.24) is 9.97 Å². The highest BCUT2D eigenvalue weighted by Gasteiger charge is 2.07. The molecule has 0 amide bonds. The molecule has 1 aromatic heterocycles. The highest BCUT2D eigenvalue weighted by molar-refractivity contribution is 9.10. The number of aryl methyl sites for hydroxylation is 1. The Labute approximate surface area is 111 Å². The van der Waals surface area contributed by atoms with Gasteiger partial charge in [0, 0.05) is 10.4 Å². The smallest absolute Gasteiger partial charge is 0.151 e. The van der Waals surface area contributed by atoms with Crippen LogP contribution in [0.3, 0.4) is 0 Å². The quantitative estimate of drug-likeness (QED) is 0.865. The first-order valence-corrected chi connectivity index (χ1v) is 6.05. The minimum absolute atomic E-state index is 0.117. The zero-order chi connectivity index (χ0) is 12.4. The molecule has 2 aromatic rings. The monoisotopic (exact) mass is 313 g/mol. The Morgan fingerprint density at radius 3 is 2.82 bits per heavy atom. The number of carbonyl (C=O) groups excluding carboxylic acids is 1. The lowest BCUT2D eigenvalue weighted by atomic mass is 10.2. The molecule has 0 radical (unpaired) electrons. The lowest BCUT2D eigenvalue weighted by Crippen LogP contribution is -2.22. The molecule has 1 aromatic carbocycles. The van der Waals surface area contributed by atoms with Gasteiger partial charge >= 0.3 is 0 Å². The normalized spacial score (nSPS) is 10.7. The molecule has 0 fully saturated rings. The van der Waals surface area contributed by atoms with Gasteiger partial charge in [-0.3, -0.25) is 0 Å². The molecular weight excluding hydrogens is 307 g/mol. The predicted octanol–water partition coefficient (Wildman–Crippen LogP) is 1.73. The van der Waals surface area contributed by atoms with Gasteiger partial charge in [-0.2, -0.15) is 0 Å². The molecule has 6 heteroatoms. The van der Waals surface area contributed by atoms with Gasteiger partial charge in [-0.25, -0.2) is 9.97 Å². The van der Waals surface area contributed by atoms with E-state index < -0.39 is 5.97 Å². The molecule has 0 unspecified atom stereocenters. The molecule has 1 heterocycles. The van der Waals surface area contributed by atoms with Crippen LogP contribution in [0.4, 0.5) is 0 Å². The number of halogens is 2. The van der Waals surface area contributed by atoms with Crippen molar-refractivity contribution in [2.45, 2.75) is 12.8 Å². The molecule has 0 saturated heterocycles. The Morgan fingerprint density at radius 1 is 1.35 bits per heavy atom. The van der Waals surface area contributed by atoms with E-state index in [0.29, 0.717) is 16.7 Å². The zero-order valence-corrected chi connectivity index (χ0v) is 11.0. The van der Waals surface area contributed by atoms with Gasteiger partial charge < -0.3 is 9.90 Å². The van der Waals surface area contributed by atoms with Crippen molar-refractivity contribution in [2.24, 2.45) is 0 Å². The molecular formula is C11H7BrClN2O2-. The minimum atomic E-state index is -1.13. The van der Waals surface area contributed by atoms with Crippen LogP contribution in [0.1, 0.15) is 12.1 Å². The third-order valence-corrected chi connectivity index (χ3v) is 3.01. The van der Waals surface area contributed by atoms with Crippen molar-refractivity contribution in [2.75, 3.05) is 0 Å². The summed E-state index contributed by atoms with van der Waals surface area (Å²) in [5.74, 6) is -1.13. The van der Waals surface area contributed by atoms with E-state index in [9.17, 15) is 9.90 Å². The predicted molar refractivity (Wildman–Crippen MR) is 65.6 cm³/mol. The van der Waals surface area contributed by atoms with Gasteiger partial charge in [-0.15, -0.1) is 0 Å². The van der Waals surface area contributed by atoms with Crippen LogP contribution < -0.4 is 5.11 Å². The molecule has 0 saturated carbocycles. The number of fused-ring (bicyclic) bond motifs is 1. The Balaban J connectivity index is 2.42. The van der Waals surface area contributed by atoms with Crippen LogP contribution in [0.5, 0.6) is 0 Å². The Kier molecular flexibility index (Phi) is 3.59. The maximum atomic E-state index is 10.4. The third-order valence-electron chi connectivity index (χ3n) is 2.22. The van der Waals surface area contributed by atoms with Gasteiger partial charge in [0.05, 0.1) is 16.7 Å². The molecule has 0 N–H and O–H groups in total. The maximum absolute atomic E-state index is 10.4. The van der Waals surface area contributed by atoms with Gasteiger partial charge in [-0.05, 0) is 31.0 Å². The van der Waals surface area contributed by atoms with Crippen LogP contribution in [0, 0.1) is 0 Å². The van der Waals surface area contributed by atoms with Crippen molar-refractivity contribution in [3.8, 4) is 0 Å². The second kappa shape index (κ2) is 4.98. The fourth-order valence-electron chi connectivity index (χ4n) is 1.42. The van der Waals surface area contributed by atoms with E-state index in [-0.39, 0.29) is 18.0 Å². The molecule has 0 atom stereocenters. The topological polar surface area (TPSA) is 65.9 Å². The summed E-state index contributed by atoms with van der Waals surface area (Å²) in [6.45, 7) is 0. The number of aromatic nitrogens is 2. The fraction of sp³-hybridized carbons (Fsp3) is 0.182. The van der Waals surface area contributed by atoms with E-state index in [4.69, 9.17) is 11.6 Å².